The highest BCUT2D eigenvalue weighted by Gasteiger charge is 2.29. The van der Waals surface area contributed by atoms with Gasteiger partial charge in [0.05, 0.1) is 7.11 Å². The molecule has 0 bridgehead atoms. The minimum Gasteiger partial charge on any atom is -0.497 e. The first-order chi connectivity index (χ1) is 10.6. The molecule has 0 saturated carbocycles. The largest absolute Gasteiger partial charge is 0.497 e. The fourth-order valence-electron chi connectivity index (χ4n) is 2.77. The Kier molecular flexibility index (Phi) is 5.55. The summed E-state index contributed by atoms with van der Waals surface area (Å²) < 4.78 is 5.10. The van der Waals surface area contributed by atoms with Crippen LogP contribution in [0.25, 0.3) is 0 Å². The molecule has 5 nitrogen and oxygen atoms in total. The second-order valence-electron chi connectivity index (χ2n) is 5.83. The van der Waals surface area contributed by atoms with Crippen molar-refractivity contribution in [2.24, 2.45) is 17.6 Å². The van der Waals surface area contributed by atoms with E-state index in [-0.39, 0.29) is 23.5 Å². The third-order valence-electron chi connectivity index (χ3n) is 4.33. The van der Waals surface area contributed by atoms with E-state index in [1.165, 1.54) is 0 Å². The van der Waals surface area contributed by atoms with Gasteiger partial charge in [-0.1, -0.05) is 6.92 Å². The highest BCUT2D eigenvalue weighted by molar-refractivity contribution is 5.98. The second kappa shape index (κ2) is 7.40. The smallest absolute Gasteiger partial charge is 0.226 e. The van der Waals surface area contributed by atoms with E-state index < -0.39 is 0 Å². The van der Waals surface area contributed by atoms with Crippen LogP contribution in [0, 0.1) is 11.8 Å². The predicted octanol–water partition coefficient (Wildman–Crippen LogP) is 1.71. The van der Waals surface area contributed by atoms with Gasteiger partial charge in [-0.15, -0.1) is 0 Å². The second-order valence-corrected chi connectivity index (χ2v) is 5.83. The maximum absolute atomic E-state index is 12.5. The summed E-state index contributed by atoms with van der Waals surface area (Å²) in [5, 5.41) is 0. The number of methoxy groups -OCH3 is 1. The van der Waals surface area contributed by atoms with Crippen LogP contribution in [0.1, 0.15) is 30.1 Å². The van der Waals surface area contributed by atoms with E-state index in [0.29, 0.717) is 38.0 Å². The van der Waals surface area contributed by atoms with Crippen molar-refractivity contribution in [3.8, 4) is 5.75 Å². The van der Waals surface area contributed by atoms with E-state index in [4.69, 9.17) is 10.5 Å². The van der Waals surface area contributed by atoms with Crippen LogP contribution in [0.4, 0.5) is 0 Å². The molecule has 1 aliphatic rings. The maximum atomic E-state index is 12.5. The fourth-order valence-corrected chi connectivity index (χ4v) is 2.77. The molecule has 1 saturated heterocycles. The number of ketones is 1. The minimum atomic E-state index is -0.145. The number of Topliss-reactive ketones (excluding diaryl/α,β-unsaturated/α-hetero) is 1. The van der Waals surface area contributed by atoms with Crippen LogP contribution in [0.15, 0.2) is 24.3 Å². The lowest BCUT2D eigenvalue weighted by molar-refractivity contribution is -0.135. The lowest BCUT2D eigenvalue weighted by atomic mass is 9.88. The molecular formula is C17H24N2O3. The van der Waals surface area contributed by atoms with E-state index in [2.05, 4.69) is 0 Å². The van der Waals surface area contributed by atoms with Crippen molar-refractivity contribution in [3.63, 3.8) is 0 Å². The monoisotopic (exact) mass is 304 g/mol. The van der Waals surface area contributed by atoms with Crippen LogP contribution in [0.3, 0.4) is 0 Å². The highest BCUT2D eigenvalue weighted by atomic mass is 16.5. The summed E-state index contributed by atoms with van der Waals surface area (Å²) in [6.45, 7) is 3.48. The van der Waals surface area contributed by atoms with Gasteiger partial charge >= 0.3 is 0 Å². The van der Waals surface area contributed by atoms with Gasteiger partial charge in [0.2, 0.25) is 5.91 Å². The summed E-state index contributed by atoms with van der Waals surface area (Å²) in [6, 6.07) is 7.20. The van der Waals surface area contributed by atoms with Crippen molar-refractivity contribution < 1.29 is 14.3 Å². The lowest BCUT2D eigenvalue weighted by Gasteiger charge is -2.32. The number of amides is 1. The number of ether oxygens (including phenoxy) is 1. The summed E-state index contributed by atoms with van der Waals surface area (Å²) in [5.74, 6) is 0.840. The molecule has 0 spiro atoms. The van der Waals surface area contributed by atoms with Gasteiger partial charge in [0.15, 0.2) is 5.78 Å². The number of hydrogen-bond donors (Lipinski definition) is 1. The number of nitrogens with two attached hydrogens (primary N) is 1. The number of likely N-dealkylation sites (tertiary alicyclic amines) is 1. The summed E-state index contributed by atoms with van der Waals surface area (Å²) in [6.07, 6.45) is 1.43. The van der Waals surface area contributed by atoms with E-state index in [1.54, 1.807) is 31.4 Å². The Morgan fingerprint density at radius 2 is 1.86 bits per heavy atom. The van der Waals surface area contributed by atoms with E-state index >= 15 is 0 Å². The first kappa shape index (κ1) is 16.5. The fraction of sp³-hybridized carbons (Fsp3) is 0.529. The molecular weight excluding hydrogens is 280 g/mol. The predicted molar refractivity (Wildman–Crippen MR) is 84.8 cm³/mol. The Morgan fingerprint density at radius 3 is 2.36 bits per heavy atom. The average Bonchev–Trinajstić information content (AvgIpc) is 2.60. The van der Waals surface area contributed by atoms with Gasteiger partial charge in [-0.05, 0) is 37.1 Å². The normalized spacial score (nSPS) is 17.1. The van der Waals surface area contributed by atoms with Crippen molar-refractivity contribution in [2.45, 2.75) is 19.8 Å². The van der Waals surface area contributed by atoms with Crippen molar-refractivity contribution in [1.82, 2.24) is 4.90 Å². The number of benzene rings is 1. The molecule has 22 heavy (non-hydrogen) atoms. The minimum absolute atomic E-state index is 0.00868. The Balaban J connectivity index is 1.93. The summed E-state index contributed by atoms with van der Waals surface area (Å²) in [7, 11) is 1.60. The van der Waals surface area contributed by atoms with Crippen molar-refractivity contribution in [1.29, 1.82) is 0 Å². The standard InChI is InChI=1S/C17H24N2O3/c1-12(11-18)17(21)19-9-7-14(8-10-19)16(20)13-3-5-15(22-2)6-4-13/h3-6,12,14H,7-11,18H2,1-2H3. The highest BCUT2D eigenvalue weighted by Crippen LogP contribution is 2.23. The Morgan fingerprint density at radius 1 is 1.27 bits per heavy atom. The third kappa shape index (κ3) is 3.65. The summed E-state index contributed by atoms with van der Waals surface area (Å²) >= 11 is 0. The SMILES string of the molecule is COc1ccc(C(=O)C2CCN(C(=O)C(C)CN)CC2)cc1. The average molecular weight is 304 g/mol. The Hall–Kier alpha value is -1.88. The van der Waals surface area contributed by atoms with Crippen LogP contribution >= 0.6 is 0 Å². The Bertz CT molecular complexity index is 519. The first-order valence-electron chi connectivity index (χ1n) is 7.74. The molecule has 2 rings (SSSR count). The number of rotatable bonds is 5. The van der Waals surface area contributed by atoms with Gasteiger partial charge in [0.25, 0.3) is 0 Å². The topological polar surface area (TPSA) is 72.6 Å². The molecule has 0 aliphatic carbocycles. The van der Waals surface area contributed by atoms with Crippen LogP contribution in [-0.4, -0.2) is 43.3 Å². The molecule has 5 heteroatoms. The van der Waals surface area contributed by atoms with E-state index in [0.717, 1.165) is 5.75 Å². The van der Waals surface area contributed by atoms with Gasteiger partial charge < -0.3 is 15.4 Å². The molecule has 2 N–H and O–H groups in total. The zero-order valence-corrected chi connectivity index (χ0v) is 13.2. The maximum Gasteiger partial charge on any atom is 0.226 e. The number of piperidine rings is 1. The quantitative estimate of drug-likeness (QED) is 0.841. The number of carbonyl (C=O) groups is 2. The van der Waals surface area contributed by atoms with Crippen molar-refractivity contribution in [3.05, 3.63) is 29.8 Å². The zero-order chi connectivity index (χ0) is 16.1. The van der Waals surface area contributed by atoms with Gasteiger partial charge in [-0.2, -0.15) is 0 Å². The molecule has 0 aromatic heterocycles. The first-order valence-corrected chi connectivity index (χ1v) is 7.74. The number of nitrogens with zero attached hydrogens (tertiary/aromatic N) is 1. The molecule has 1 atom stereocenters. The van der Waals surface area contributed by atoms with Crippen LogP contribution in [0.2, 0.25) is 0 Å². The molecule has 1 amide bonds. The van der Waals surface area contributed by atoms with Crippen LogP contribution in [-0.2, 0) is 4.79 Å². The Labute approximate surface area is 131 Å². The molecule has 1 aromatic rings. The lowest BCUT2D eigenvalue weighted by Crippen LogP contribution is -2.44. The van der Waals surface area contributed by atoms with Crippen LogP contribution < -0.4 is 10.5 Å². The third-order valence-corrected chi connectivity index (χ3v) is 4.33. The number of hydrogen-bond acceptors (Lipinski definition) is 4. The molecule has 1 aliphatic heterocycles. The molecule has 1 fully saturated rings. The molecule has 1 heterocycles. The van der Waals surface area contributed by atoms with Gasteiger partial charge in [-0.3, -0.25) is 9.59 Å². The van der Waals surface area contributed by atoms with Gasteiger partial charge in [-0.25, -0.2) is 0 Å². The summed E-state index contributed by atoms with van der Waals surface area (Å²) in [5.41, 5.74) is 6.25. The molecule has 0 radical (unpaired) electrons. The summed E-state index contributed by atoms with van der Waals surface area (Å²) in [4.78, 5) is 26.4. The molecule has 1 unspecified atom stereocenters. The van der Waals surface area contributed by atoms with E-state index in [9.17, 15) is 9.59 Å². The molecule has 1 aromatic carbocycles. The van der Waals surface area contributed by atoms with Gasteiger partial charge in [0.1, 0.15) is 5.75 Å². The molecule has 120 valence electrons. The van der Waals surface area contributed by atoms with Crippen molar-refractivity contribution in [2.75, 3.05) is 26.7 Å². The zero-order valence-electron chi connectivity index (χ0n) is 13.2. The number of carbonyl (C=O) groups excluding carboxylic acids is 2. The van der Waals surface area contributed by atoms with E-state index in [1.807, 2.05) is 11.8 Å². The van der Waals surface area contributed by atoms with Crippen molar-refractivity contribution >= 4 is 11.7 Å². The van der Waals surface area contributed by atoms with Crippen LogP contribution in [0.5, 0.6) is 5.75 Å². The van der Waals surface area contributed by atoms with Gasteiger partial charge in [0, 0.05) is 37.0 Å².